The van der Waals surface area contributed by atoms with Gasteiger partial charge in [0, 0.05) is 37.3 Å². The van der Waals surface area contributed by atoms with Gasteiger partial charge < -0.3 is 5.11 Å². The van der Waals surface area contributed by atoms with Gasteiger partial charge in [-0.25, -0.2) is 4.79 Å². The lowest BCUT2D eigenvalue weighted by atomic mass is 9.99. The third-order valence-electron chi connectivity index (χ3n) is 4.17. The molecule has 0 saturated carbocycles. The first-order valence-corrected chi connectivity index (χ1v) is 7.65. The maximum Gasteiger partial charge on any atom is 0.335 e. The second kappa shape index (κ2) is 5.93. The van der Waals surface area contributed by atoms with Gasteiger partial charge in [-0.2, -0.15) is 5.10 Å². The molecule has 0 aliphatic carbocycles. The van der Waals surface area contributed by atoms with Crippen molar-refractivity contribution in [1.82, 2.24) is 15.1 Å². The number of benzene rings is 1. The van der Waals surface area contributed by atoms with Crippen LogP contribution in [-0.4, -0.2) is 32.7 Å². The van der Waals surface area contributed by atoms with Crippen LogP contribution in [0, 0.1) is 0 Å². The van der Waals surface area contributed by atoms with Gasteiger partial charge in [0.15, 0.2) is 0 Å². The first kappa shape index (κ1) is 14.8. The molecule has 5 nitrogen and oxygen atoms in total. The largest absolute Gasteiger partial charge is 0.478 e. The Labute approximate surface area is 130 Å². The van der Waals surface area contributed by atoms with E-state index in [1.165, 1.54) is 11.3 Å². The molecule has 22 heavy (non-hydrogen) atoms. The molecule has 2 N–H and O–H groups in total. The monoisotopic (exact) mass is 299 g/mol. The number of aromatic nitrogens is 2. The molecule has 1 aromatic heterocycles. The van der Waals surface area contributed by atoms with Crippen molar-refractivity contribution >= 4 is 5.97 Å². The minimum Gasteiger partial charge on any atom is -0.478 e. The Morgan fingerprint density at radius 3 is 3.00 bits per heavy atom. The molecule has 0 atom stereocenters. The van der Waals surface area contributed by atoms with Gasteiger partial charge in [-0.15, -0.1) is 0 Å². The number of fused-ring (bicyclic) bond motifs is 1. The lowest BCUT2D eigenvalue weighted by Gasteiger charge is -2.27. The van der Waals surface area contributed by atoms with E-state index < -0.39 is 5.97 Å². The standard InChI is InChI=1S/C17H21N3O2/c1-11(2)16-14-10-20(7-6-15(14)18-19-16)9-12-4-3-5-13(8-12)17(21)22/h3-5,8,11H,6-7,9-10H2,1-2H3,(H,18,19)(H,21,22). The van der Waals surface area contributed by atoms with E-state index in [1.54, 1.807) is 12.1 Å². The number of aromatic amines is 1. The van der Waals surface area contributed by atoms with Crippen LogP contribution < -0.4 is 0 Å². The van der Waals surface area contributed by atoms with Gasteiger partial charge in [0.05, 0.1) is 11.3 Å². The first-order valence-electron chi connectivity index (χ1n) is 7.65. The second-order valence-electron chi connectivity index (χ2n) is 6.19. The van der Waals surface area contributed by atoms with E-state index in [0.717, 1.165) is 37.3 Å². The number of H-pyrrole nitrogens is 1. The summed E-state index contributed by atoms with van der Waals surface area (Å²) in [5.74, 6) is -0.463. The number of rotatable bonds is 4. The summed E-state index contributed by atoms with van der Waals surface area (Å²) in [6.07, 6.45) is 0.966. The molecule has 0 bridgehead atoms. The summed E-state index contributed by atoms with van der Waals surface area (Å²) >= 11 is 0. The van der Waals surface area contributed by atoms with Crippen LogP contribution in [0.15, 0.2) is 24.3 Å². The maximum absolute atomic E-state index is 11.1. The van der Waals surface area contributed by atoms with Gasteiger partial charge in [0.25, 0.3) is 0 Å². The first-order chi connectivity index (χ1) is 10.5. The highest BCUT2D eigenvalue weighted by molar-refractivity contribution is 5.87. The molecule has 1 aromatic carbocycles. The molecule has 1 aliphatic heterocycles. The quantitative estimate of drug-likeness (QED) is 0.911. The lowest BCUT2D eigenvalue weighted by molar-refractivity contribution is 0.0696. The van der Waals surface area contributed by atoms with Crippen molar-refractivity contribution < 1.29 is 9.90 Å². The highest BCUT2D eigenvalue weighted by atomic mass is 16.4. The van der Waals surface area contributed by atoms with Crippen molar-refractivity contribution in [3.63, 3.8) is 0 Å². The van der Waals surface area contributed by atoms with Crippen LogP contribution in [0.3, 0.4) is 0 Å². The fourth-order valence-corrected chi connectivity index (χ4v) is 3.05. The predicted molar refractivity (Wildman–Crippen MR) is 83.9 cm³/mol. The Kier molecular flexibility index (Phi) is 3.98. The van der Waals surface area contributed by atoms with E-state index in [0.29, 0.717) is 11.5 Å². The molecule has 2 heterocycles. The summed E-state index contributed by atoms with van der Waals surface area (Å²) in [5.41, 5.74) is 5.10. The number of carboxylic acid groups (broad SMARTS) is 1. The average molecular weight is 299 g/mol. The fourth-order valence-electron chi connectivity index (χ4n) is 3.05. The van der Waals surface area contributed by atoms with Gasteiger partial charge >= 0.3 is 5.97 Å². The molecule has 0 fully saturated rings. The van der Waals surface area contributed by atoms with E-state index in [4.69, 9.17) is 5.11 Å². The Morgan fingerprint density at radius 1 is 1.45 bits per heavy atom. The van der Waals surface area contributed by atoms with Gasteiger partial charge in [0.2, 0.25) is 0 Å². The fraction of sp³-hybridized carbons (Fsp3) is 0.412. The smallest absolute Gasteiger partial charge is 0.335 e. The van der Waals surface area contributed by atoms with Gasteiger partial charge in [-0.3, -0.25) is 10.00 Å². The zero-order chi connectivity index (χ0) is 15.7. The molecule has 0 spiro atoms. The minimum atomic E-state index is -0.875. The maximum atomic E-state index is 11.1. The SMILES string of the molecule is CC(C)c1n[nH]c2c1CN(Cc1cccc(C(=O)O)c1)CC2. The van der Waals surface area contributed by atoms with Crippen LogP contribution in [0.5, 0.6) is 0 Å². The number of aromatic carboxylic acids is 1. The van der Waals surface area contributed by atoms with Crippen molar-refractivity contribution in [2.24, 2.45) is 0 Å². The van der Waals surface area contributed by atoms with Crippen molar-refractivity contribution in [3.8, 4) is 0 Å². The molecular weight excluding hydrogens is 278 g/mol. The van der Waals surface area contributed by atoms with E-state index in [9.17, 15) is 4.79 Å². The van der Waals surface area contributed by atoms with E-state index in [2.05, 4.69) is 28.9 Å². The number of nitrogens with zero attached hydrogens (tertiary/aromatic N) is 2. The van der Waals surface area contributed by atoms with Gasteiger partial charge in [0.1, 0.15) is 0 Å². The van der Waals surface area contributed by atoms with Crippen LogP contribution in [-0.2, 0) is 19.5 Å². The summed E-state index contributed by atoms with van der Waals surface area (Å²) in [5, 5.41) is 16.7. The highest BCUT2D eigenvalue weighted by Crippen LogP contribution is 2.26. The molecule has 116 valence electrons. The molecule has 0 amide bonds. The summed E-state index contributed by atoms with van der Waals surface area (Å²) in [4.78, 5) is 13.4. The molecule has 0 saturated heterocycles. The number of carboxylic acids is 1. The van der Waals surface area contributed by atoms with Crippen molar-refractivity contribution in [1.29, 1.82) is 0 Å². The molecular formula is C17H21N3O2. The van der Waals surface area contributed by atoms with Crippen molar-refractivity contribution in [2.45, 2.75) is 39.3 Å². The molecule has 3 rings (SSSR count). The van der Waals surface area contributed by atoms with Crippen LogP contribution in [0.2, 0.25) is 0 Å². The summed E-state index contributed by atoms with van der Waals surface area (Å²) in [7, 11) is 0. The van der Waals surface area contributed by atoms with Crippen LogP contribution in [0.25, 0.3) is 0 Å². The summed E-state index contributed by atoms with van der Waals surface area (Å²) in [6.45, 7) is 6.92. The number of hydrogen-bond acceptors (Lipinski definition) is 3. The number of hydrogen-bond donors (Lipinski definition) is 2. The molecule has 5 heteroatoms. The predicted octanol–water partition coefficient (Wildman–Crippen LogP) is 2.79. The van der Waals surface area contributed by atoms with Crippen LogP contribution >= 0.6 is 0 Å². The van der Waals surface area contributed by atoms with Gasteiger partial charge in [-0.05, 0) is 23.6 Å². The van der Waals surface area contributed by atoms with Gasteiger partial charge in [-0.1, -0.05) is 26.0 Å². The molecule has 1 aliphatic rings. The zero-order valence-electron chi connectivity index (χ0n) is 13.0. The third-order valence-corrected chi connectivity index (χ3v) is 4.17. The Morgan fingerprint density at radius 2 is 2.27 bits per heavy atom. The zero-order valence-corrected chi connectivity index (χ0v) is 13.0. The second-order valence-corrected chi connectivity index (χ2v) is 6.19. The Bertz CT molecular complexity index is 691. The molecule has 2 aromatic rings. The number of nitrogens with one attached hydrogen (secondary N) is 1. The van der Waals surface area contributed by atoms with E-state index in [-0.39, 0.29) is 0 Å². The van der Waals surface area contributed by atoms with E-state index in [1.807, 2.05) is 12.1 Å². The van der Waals surface area contributed by atoms with Crippen molar-refractivity contribution in [2.75, 3.05) is 6.54 Å². The number of carbonyl (C=O) groups is 1. The topological polar surface area (TPSA) is 69.2 Å². The molecule has 0 radical (unpaired) electrons. The average Bonchev–Trinajstić information content (AvgIpc) is 2.91. The Balaban J connectivity index is 1.76. The van der Waals surface area contributed by atoms with Crippen LogP contribution in [0.4, 0.5) is 0 Å². The Hall–Kier alpha value is -2.14. The normalized spacial score (nSPS) is 15.0. The van der Waals surface area contributed by atoms with E-state index >= 15 is 0 Å². The summed E-state index contributed by atoms with van der Waals surface area (Å²) in [6, 6.07) is 7.19. The van der Waals surface area contributed by atoms with Crippen LogP contribution in [0.1, 0.15) is 52.6 Å². The summed E-state index contributed by atoms with van der Waals surface area (Å²) < 4.78 is 0. The lowest BCUT2D eigenvalue weighted by Crippen LogP contribution is -2.30. The van der Waals surface area contributed by atoms with Crippen molar-refractivity contribution in [3.05, 3.63) is 52.3 Å². The highest BCUT2D eigenvalue weighted by Gasteiger charge is 2.23. The molecule has 0 unspecified atom stereocenters. The minimum absolute atomic E-state index is 0.348. The third kappa shape index (κ3) is 2.90.